The van der Waals surface area contributed by atoms with Gasteiger partial charge in [-0.15, -0.1) is 0 Å². The van der Waals surface area contributed by atoms with Gasteiger partial charge < -0.3 is 9.88 Å². The van der Waals surface area contributed by atoms with Crippen LogP contribution in [0.3, 0.4) is 0 Å². The zero-order chi connectivity index (χ0) is 20.9. The van der Waals surface area contributed by atoms with E-state index in [9.17, 15) is 13.2 Å². The molecule has 2 N–H and O–H groups in total. The second-order valence-electron chi connectivity index (χ2n) is 6.68. The summed E-state index contributed by atoms with van der Waals surface area (Å²) >= 11 is 0. The SMILES string of the molecule is CCCNS(=O)(=O)c1cccc(C(=O)N[C@H](C)c2ccc(-n3ccnc3)cc2)c1. The lowest BCUT2D eigenvalue weighted by Gasteiger charge is -2.15. The van der Waals surface area contributed by atoms with Crippen LogP contribution in [0.25, 0.3) is 5.69 Å². The van der Waals surface area contributed by atoms with Crippen LogP contribution in [0.15, 0.2) is 72.1 Å². The smallest absolute Gasteiger partial charge is 0.251 e. The molecule has 0 bridgehead atoms. The number of carbonyl (C=O) groups is 1. The van der Waals surface area contributed by atoms with E-state index in [0.717, 1.165) is 11.3 Å². The molecule has 1 heterocycles. The third kappa shape index (κ3) is 5.10. The van der Waals surface area contributed by atoms with E-state index in [-0.39, 0.29) is 16.8 Å². The van der Waals surface area contributed by atoms with Gasteiger partial charge in [-0.1, -0.05) is 25.1 Å². The number of hydrogen-bond acceptors (Lipinski definition) is 4. The van der Waals surface area contributed by atoms with Crippen molar-refractivity contribution >= 4 is 15.9 Å². The minimum atomic E-state index is -3.62. The molecule has 1 atom stereocenters. The summed E-state index contributed by atoms with van der Waals surface area (Å²) in [6, 6.07) is 13.6. The van der Waals surface area contributed by atoms with Gasteiger partial charge in [0.15, 0.2) is 0 Å². The van der Waals surface area contributed by atoms with E-state index >= 15 is 0 Å². The maximum absolute atomic E-state index is 12.6. The summed E-state index contributed by atoms with van der Waals surface area (Å²) < 4.78 is 29.0. The summed E-state index contributed by atoms with van der Waals surface area (Å²) in [5, 5.41) is 2.92. The lowest BCUT2D eigenvalue weighted by Crippen LogP contribution is -2.28. The Hall–Kier alpha value is -2.97. The molecule has 1 aromatic heterocycles. The lowest BCUT2D eigenvalue weighted by molar-refractivity contribution is 0.0939. The van der Waals surface area contributed by atoms with E-state index in [1.165, 1.54) is 12.1 Å². The van der Waals surface area contributed by atoms with Gasteiger partial charge in [0.05, 0.1) is 17.3 Å². The van der Waals surface area contributed by atoms with Crippen LogP contribution in [0.5, 0.6) is 0 Å². The van der Waals surface area contributed by atoms with E-state index in [2.05, 4.69) is 15.0 Å². The summed E-state index contributed by atoms with van der Waals surface area (Å²) in [6.07, 6.45) is 5.98. The number of nitrogens with one attached hydrogen (secondary N) is 2. The highest BCUT2D eigenvalue weighted by Gasteiger charge is 2.17. The van der Waals surface area contributed by atoms with Crippen LogP contribution in [-0.4, -0.2) is 30.4 Å². The molecule has 0 saturated carbocycles. The van der Waals surface area contributed by atoms with Gasteiger partial charge in [-0.2, -0.15) is 0 Å². The largest absolute Gasteiger partial charge is 0.346 e. The number of hydrogen-bond donors (Lipinski definition) is 2. The summed E-state index contributed by atoms with van der Waals surface area (Å²) in [7, 11) is -3.62. The zero-order valence-electron chi connectivity index (χ0n) is 16.4. The highest BCUT2D eigenvalue weighted by atomic mass is 32.2. The number of imidazole rings is 1. The Morgan fingerprint density at radius 2 is 1.93 bits per heavy atom. The molecule has 2 aromatic carbocycles. The quantitative estimate of drug-likeness (QED) is 0.595. The zero-order valence-corrected chi connectivity index (χ0v) is 17.2. The van der Waals surface area contributed by atoms with E-state index in [1.54, 1.807) is 24.7 Å². The first-order chi connectivity index (χ1) is 13.9. The molecule has 7 nitrogen and oxygen atoms in total. The molecule has 8 heteroatoms. The van der Waals surface area contributed by atoms with Crippen LogP contribution >= 0.6 is 0 Å². The highest BCUT2D eigenvalue weighted by Crippen LogP contribution is 2.17. The van der Waals surface area contributed by atoms with Crippen molar-refractivity contribution in [2.24, 2.45) is 0 Å². The van der Waals surface area contributed by atoms with Crippen LogP contribution in [-0.2, 0) is 10.0 Å². The topological polar surface area (TPSA) is 93.1 Å². The van der Waals surface area contributed by atoms with Crippen molar-refractivity contribution in [1.29, 1.82) is 0 Å². The van der Waals surface area contributed by atoms with Gasteiger partial charge in [0.1, 0.15) is 0 Å². The molecule has 0 aliphatic heterocycles. The summed E-state index contributed by atoms with van der Waals surface area (Å²) in [5.41, 5.74) is 2.21. The minimum absolute atomic E-state index is 0.0796. The summed E-state index contributed by atoms with van der Waals surface area (Å²) in [6.45, 7) is 4.12. The molecule has 3 rings (SSSR count). The fourth-order valence-electron chi connectivity index (χ4n) is 2.83. The van der Waals surface area contributed by atoms with Gasteiger partial charge in [0, 0.05) is 30.2 Å². The van der Waals surface area contributed by atoms with Gasteiger partial charge in [0.2, 0.25) is 10.0 Å². The monoisotopic (exact) mass is 412 g/mol. The van der Waals surface area contributed by atoms with Crippen LogP contribution in [0.1, 0.15) is 42.2 Å². The van der Waals surface area contributed by atoms with Crippen LogP contribution in [0.2, 0.25) is 0 Å². The molecule has 0 unspecified atom stereocenters. The molecule has 0 aliphatic rings. The Morgan fingerprint density at radius 1 is 1.17 bits per heavy atom. The first-order valence-electron chi connectivity index (χ1n) is 9.39. The highest BCUT2D eigenvalue weighted by molar-refractivity contribution is 7.89. The van der Waals surface area contributed by atoms with Gasteiger partial charge in [-0.05, 0) is 49.2 Å². The Bertz CT molecular complexity index is 1060. The van der Waals surface area contributed by atoms with E-state index in [0.29, 0.717) is 18.5 Å². The number of aromatic nitrogens is 2. The Kier molecular flexibility index (Phi) is 6.46. The minimum Gasteiger partial charge on any atom is -0.346 e. The molecule has 0 fully saturated rings. The Balaban J connectivity index is 1.70. The fourth-order valence-corrected chi connectivity index (χ4v) is 4.01. The molecule has 152 valence electrons. The van der Waals surface area contributed by atoms with Crippen LogP contribution < -0.4 is 10.0 Å². The van der Waals surface area contributed by atoms with Crippen molar-refractivity contribution in [3.05, 3.63) is 78.4 Å². The first kappa shape index (κ1) is 20.8. The van der Waals surface area contributed by atoms with Gasteiger partial charge in [-0.3, -0.25) is 4.79 Å². The lowest BCUT2D eigenvalue weighted by atomic mass is 10.1. The molecule has 0 radical (unpaired) electrons. The molecule has 3 aromatic rings. The summed E-state index contributed by atoms with van der Waals surface area (Å²) in [5.74, 6) is -0.330. The van der Waals surface area contributed by atoms with Crippen molar-refractivity contribution in [2.45, 2.75) is 31.2 Å². The van der Waals surface area contributed by atoms with Gasteiger partial charge in [0.25, 0.3) is 5.91 Å². The van der Waals surface area contributed by atoms with Crippen molar-refractivity contribution in [1.82, 2.24) is 19.6 Å². The number of amides is 1. The molecule has 0 saturated heterocycles. The standard InChI is InChI=1S/C21H24N4O3S/c1-3-11-23-29(27,28)20-6-4-5-18(14-20)21(26)24-16(2)17-7-9-19(10-8-17)25-13-12-22-15-25/h4-10,12-16,23H,3,11H2,1-2H3,(H,24,26)/t16-/m1/s1. The third-order valence-corrected chi connectivity index (χ3v) is 5.95. The van der Waals surface area contributed by atoms with E-state index < -0.39 is 10.0 Å². The number of rotatable bonds is 8. The fraction of sp³-hybridized carbons (Fsp3) is 0.238. The molecule has 29 heavy (non-hydrogen) atoms. The second kappa shape index (κ2) is 9.02. The average molecular weight is 413 g/mol. The van der Waals surface area contributed by atoms with Crippen molar-refractivity contribution in [3.63, 3.8) is 0 Å². The maximum atomic E-state index is 12.6. The maximum Gasteiger partial charge on any atom is 0.251 e. The number of benzene rings is 2. The van der Waals surface area contributed by atoms with Crippen LogP contribution in [0, 0.1) is 0 Å². The number of carbonyl (C=O) groups excluding carboxylic acids is 1. The number of sulfonamides is 1. The second-order valence-corrected chi connectivity index (χ2v) is 8.45. The molecular weight excluding hydrogens is 388 g/mol. The normalized spacial score (nSPS) is 12.5. The summed E-state index contributed by atoms with van der Waals surface area (Å²) in [4.78, 5) is 16.7. The Labute approximate surface area is 170 Å². The van der Waals surface area contributed by atoms with E-state index in [1.807, 2.05) is 48.9 Å². The van der Waals surface area contributed by atoms with Crippen LogP contribution in [0.4, 0.5) is 0 Å². The predicted molar refractivity (Wildman–Crippen MR) is 111 cm³/mol. The number of nitrogens with zero attached hydrogens (tertiary/aromatic N) is 2. The predicted octanol–water partition coefficient (Wildman–Crippen LogP) is 3.05. The Morgan fingerprint density at radius 3 is 2.59 bits per heavy atom. The first-order valence-corrected chi connectivity index (χ1v) is 10.9. The van der Waals surface area contributed by atoms with Crippen molar-refractivity contribution in [2.75, 3.05) is 6.54 Å². The molecule has 0 aliphatic carbocycles. The van der Waals surface area contributed by atoms with Gasteiger partial charge >= 0.3 is 0 Å². The third-order valence-electron chi connectivity index (χ3n) is 4.49. The molecule has 0 spiro atoms. The molecule has 1 amide bonds. The van der Waals surface area contributed by atoms with Crippen molar-refractivity contribution in [3.8, 4) is 5.69 Å². The van der Waals surface area contributed by atoms with Crippen molar-refractivity contribution < 1.29 is 13.2 Å². The van der Waals surface area contributed by atoms with Gasteiger partial charge in [-0.25, -0.2) is 18.1 Å². The molecular formula is C21H24N4O3S. The average Bonchev–Trinajstić information content (AvgIpc) is 3.27. The van der Waals surface area contributed by atoms with E-state index in [4.69, 9.17) is 0 Å².